The van der Waals surface area contributed by atoms with E-state index in [1.807, 2.05) is 25.1 Å². The fourth-order valence-electron chi connectivity index (χ4n) is 4.53. The van der Waals surface area contributed by atoms with E-state index >= 15 is 0 Å². The maximum atomic E-state index is 13.2. The van der Waals surface area contributed by atoms with Crippen LogP contribution in [0.2, 0.25) is 0 Å². The summed E-state index contributed by atoms with van der Waals surface area (Å²) in [5.74, 6) is 0.00526. The first-order chi connectivity index (χ1) is 17.3. The lowest BCUT2D eigenvalue weighted by Gasteiger charge is -2.34. The molecule has 0 aliphatic carbocycles. The molecule has 1 saturated heterocycles. The standard InChI is InChI=1S/C27H32FN5O3/c1-3-19-15-22(11-6-18(19)2)30-24-16-26(35)33(27(36)31-24)13-4-5-25(34)32-14-12-29-23(17-32)20-7-9-21(28)10-8-20/h6-11,15-16,23,29-30H,3-5,12-14,17H2,1-2H3,(H,31,36). The van der Waals surface area contributed by atoms with Gasteiger partial charge in [0.25, 0.3) is 5.56 Å². The Hall–Kier alpha value is -3.72. The van der Waals surface area contributed by atoms with E-state index in [9.17, 15) is 18.8 Å². The van der Waals surface area contributed by atoms with Gasteiger partial charge in [-0.1, -0.05) is 25.1 Å². The molecular weight excluding hydrogens is 461 g/mol. The van der Waals surface area contributed by atoms with Crippen LogP contribution in [0.3, 0.4) is 0 Å². The number of amides is 1. The van der Waals surface area contributed by atoms with E-state index in [0.29, 0.717) is 31.9 Å². The lowest BCUT2D eigenvalue weighted by molar-refractivity contribution is -0.132. The van der Waals surface area contributed by atoms with E-state index in [4.69, 9.17) is 0 Å². The molecule has 1 unspecified atom stereocenters. The maximum Gasteiger partial charge on any atom is 0.329 e. The highest BCUT2D eigenvalue weighted by Gasteiger charge is 2.24. The van der Waals surface area contributed by atoms with Crippen molar-refractivity contribution in [1.29, 1.82) is 0 Å². The van der Waals surface area contributed by atoms with Crippen molar-refractivity contribution in [2.75, 3.05) is 25.0 Å². The van der Waals surface area contributed by atoms with Crippen molar-refractivity contribution in [2.24, 2.45) is 0 Å². The Balaban J connectivity index is 1.33. The quantitative estimate of drug-likeness (QED) is 0.448. The summed E-state index contributed by atoms with van der Waals surface area (Å²) in [6.07, 6.45) is 1.49. The summed E-state index contributed by atoms with van der Waals surface area (Å²) in [6, 6.07) is 13.5. The normalized spacial score (nSPS) is 15.6. The number of piperazine rings is 1. The lowest BCUT2D eigenvalue weighted by Crippen LogP contribution is -2.48. The molecule has 0 bridgehead atoms. The zero-order valence-electron chi connectivity index (χ0n) is 20.6. The highest BCUT2D eigenvalue weighted by atomic mass is 19.1. The third-order valence-corrected chi connectivity index (χ3v) is 6.60. The van der Waals surface area contributed by atoms with E-state index in [-0.39, 0.29) is 30.7 Å². The Kier molecular flexibility index (Phi) is 8.00. The Morgan fingerprint density at radius 1 is 1.14 bits per heavy atom. The number of aromatic nitrogens is 2. The van der Waals surface area contributed by atoms with Gasteiger partial charge in [0.2, 0.25) is 5.91 Å². The summed E-state index contributed by atoms with van der Waals surface area (Å²) in [5.41, 5.74) is 3.17. The molecule has 2 heterocycles. The number of H-pyrrole nitrogens is 1. The van der Waals surface area contributed by atoms with E-state index in [1.54, 1.807) is 17.0 Å². The number of aromatic amines is 1. The molecule has 9 heteroatoms. The number of benzene rings is 2. The number of nitrogens with one attached hydrogen (secondary N) is 3. The van der Waals surface area contributed by atoms with E-state index in [0.717, 1.165) is 22.2 Å². The van der Waals surface area contributed by atoms with Crippen molar-refractivity contribution < 1.29 is 9.18 Å². The molecule has 36 heavy (non-hydrogen) atoms. The number of anilines is 2. The van der Waals surface area contributed by atoms with Crippen LogP contribution in [-0.4, -0.2) is 40.0 Å². The number of halogens is 1. The van der Waals surface area contributed by atoms with Crippen molar-refractivity contribution in [1.82, 2.24) is 19.8 Å². The fraction of sp³-hybridized carbons (Fsp3) is 0.370. The number of nitrogens with zero attached hydrogens (tertiary/aromatic N) is 2. The van der Waals surface area contributed by atoms with Gasteiger partial charge in [0.1, 0.15) is 11.6 Å². The van der Waals surface area contributed by atoms with Gasteiger partial charge in [-0.2, -0.15) is 0 Å². The molecular formula is C27H32FN5O3. The third-order valence-electron chi connectivity index (χ3n) is 6.60. The van der Waals surface area contributed by atoms with Crippen molar-refractivity contribution in [3.63, 3.8) is 0 Å². The number of carbonyl (C=O) groups excluding carboxylic acids is 1. The molecule has 1 aliphatic rings. The second-order valence-electron chi connectivity index (χ2n) is 9.10. The summed E-state index contributed by atoms with van der Waals surface area (Å²) in [6.45, 7) is 5.98. The second kappa shape index (κ2) is 11.3. The molecule has 0 spiro atoms. The third kappa shape index (κ3) is 6.09. The van der Waals surface area contributed by atoms with Crippen LogP contribution in [0, 0.1) is 12.7 Å². The number of rotatable bonds is 8. The number of aryl methyl sites for hydroxylation is 2. The number of carbonyl (C=O) groups is 1. The highest BCUT2D eigenvalue weighted by molar-refractivity contribution is 5.76. The van der Waals surface area contributed by atoms with Gasteiger partial charge in [0, 0.05) is 50.4 Å². The molecule has 3 N–H and O–H groups in total. The van der Waals surface area contributed by atoms with Crippen LogP contribution in [0.1, 0.15) is 42.5 Å². The summed E-state index contributed by atoms with van der Waals surface area (Å²) >= 11 is 0. The molecule has 4 rings (SSSR count). The fourth-order valence-corrected chi connectivity index (χ4v) is 4.53. The molecule has 1 atom stereocenters. The molecule has 1 fully saturated rings. The van der Waals surface area contributed by atoms with Crippen LogP contribution in [0.25, 0.3) is 0 Å². The van der Waals surface area contributed by atoms with Crippen molar-refractivity contribution in [3.05, 3.63) is 91.9 Å². The minimum atomic E-state index is -0.515. The average Bonchev–Trinajstić information content (AvgIpc) is 2.87. The predicted molar refractivity (Wildman–Crippen MR) is 138 cm³/mol. The van der Waals surface area contributed by atoms with Crippen molar-refractivity contribution >= 4 is 17.4 Å². The Bertz CT molecular complexity index is 1300. The average molecular weight is 494 g/mol. The topological polar surface area (TPSA) is 99.2 Å². The van der Waals surface area contributed by atoms with E-state index in [2.05, 4.69) is 22.5 Å². The van der Waals surface area contributed by atoms with Crippen LogP contribution in [0.4, 0.5) is 15.9 Å². The molecule has 8 nitrogen and oxygen atoms in total. The largest absolute Gasteiger partial charge is 0.342 e. The van der Waals surface area contributed by atoms with E-state index < -0.39 is 11.2 Å². The first-order valence-corrected chi connectivity index (χ1v) is 12.3. The van der Waals surface area contributed by atoms with Crippen LogP contribution in [0.5, 0.6) is 0 Å². The summed E-state index contributed by atoms with van der Waals surface area (Å²) in [5, 5.41) is 6.45. The smallest absolute Gasteiger partial charge is 0.329 e. The van der Waals surface area contributed by atoms with Gasteiger partial charge in [-0.05, 0) is 60.7 Å². The van der Waals surface area contributed by atoms with Crippen LogP contribution < -0.4 is 21.9 Å². The van der Waals surface area contributed by atoms with Crippen LogP contribution >= 0.6 is 0 Å². The molecule has 1 aromatic heterocycles. The molecule has 3 aromatic rings. The molecule has 1 amide bonds. The molecule has 2 aromatic carbocycles. The summed E-state index contributed by atoms with van der Waals surface area (Å²) < 4.78 is 14.3. The Morgan fingerprint density at radius 2 is 1.92 bits per heavy atom. The predicted octanol–water partition coefficient (Wildman–Crippen LogP) is 3.24. The Morgan fingerprint density at radius 3 is 2.64 bits per heavy atom. The van der Waals surface area contributed by atoms with Crippen LogP contribution in [0.15, 0.2) is 58.1 Å². The Labute approximate surface area is 209 Å². The lowest BCUT2D eigenvalue weighted by atomic mass is 10.0. The van der Waals surface area contributed by atoms with Gasteiger partial charge in [-0.3, -0.25) is 19.1 Å². The van der Waals surface area contributed by atoms with Gasteiger partial charge in [-0.15, -0.1) is 0 Å². The molecule has 0 saturated carbocycles. The first-order valence-electron chi connectivity index (χ1n) is 12.3. The highest BCUT2D eigenvalue weighted by Crippen LogP contribution is 2.19. The molecule has 1 aliphatic heterocycles. The molecule has 0 radical (unpaired) electrons. The van der Waals surface area contributed by atoms with Gasteiger partial charge < -0.3 is 15.5 Å². The number of hydrogen-bond acceptors (Lipinski definition) is 5. The zero-order valence-corrected chi connectivity index (χ0v) is 20.6. The van der Waals surface area contributed by atoms with E-state index in [1.165, 1.54) is 29.3 Å². The SMILES string of the molecule is CCc1cc(Nc2cc(=O)n(CCCC(=O)N3CCNC(c4ccc(F)cc4)C3)c(=O)[nH]2)ccc1C. The second-order valence-corrected chi connectivity index (χ2v) is 9.10. The van der Waals surface area contributed by atoms with Gasteiger partial charge in [-0.25, -0.2) is 9.18 Å². The zero-order chi connectivity index (χ0) is 25.7. The monoisotopic (exact) mass is 493 g/mol. The number of hydrogen-bond donors (Lipinski definition) is 3. The van der Waals surface area contributed by atoms with Crippen LogP contribution in [-0.2, 0) is 17.8 Å². The first kappa shape index (κ1) is 25.4. The minimum Gasteiger partial charge on any atom is -0.342 e. The van der Waals surface area contributed by atoms with Gasteiger partial charge in [0.05, 0.1) is 0 Å². The maximum absolute atomic E-state index is 13.2. The minimum absolute atomic E-state index is 0.0301. The van der Waals surface area contributed by atoms with Crippen molar-refractivity contribution in [2.45, 2.75) is 45.7 Å². The summed E-state index contributed by atoms with van der Waals surface area (Å²) in [4.78, 5) is 42.4. The molecule has 190 valence electrons. The van der Waals surface area contributed by atoms with Gasteiger partial charge in [0.15, 0.2) is 0 Å². The van der Waals surface area contributed by atoms with Crippen molar-refractivity contribution in [3.8, 4) is 0 Å². The summed E-state index contributed by atoms with van der Waals surface area (Å²) in [7, 11) is 0. The van der Waals surface area contributed by atoms with Gasteiger partial charge >= 0.3 is 5.69 Å².